The van der Waals surface area contributed by atoms with E-state index in [-0.39, 0.29) is 5.54 Å². The van der Waals surface area contributed by atoms with E-state index in [4.69, 9.17) is 0 Å². The van der Waals surface area contributed by atoms with Gasteiger partial charge in [0.1, 0.15) is 0 Å². The topological polar surface area (TPSA) is 6.48 Å². The number of rotatable bonds is 1. The Morgan fingerprint density at radius 2 is 1.73 bits per heavy atom. The normalized spacial score (nSPS) is 34.8. The number of likely N-dealkylation sites (tertiary alicyclic amines) is 1. The molecule has 0 aromatic heterocycles. The van der Waals surface area contributed by atoms with Crippen LogP contribution in [0.3, 0.4) is 0 Å². The largest absolute Gasteiger partial charge is 0.306 e. The van der Waals surface area contributed by atoms with Gasteiger partial charge in [-0.15, -0.1) is 0 Å². The van der Waals surface area contributed by atoms with Crippen molar-refractivity contribution in [3.8, 4) is 0 Å². The highest BCUT2D eigenvalue weighted by Gasteiger charge is 2.39. The predicted molar refractivity (Wildman–Crippen MR) is 62.7 cm³/mol. The van der Waals surface area contributed by atoms with Crippen LogP contribution in [0.4, 0.5) is 4.39 Å². The molecule has 1 heterocycles. The van der Waals surface area contributed by atoms with Gasteiger partial charge in [0.05, 0.1) is 0 Å². The quantitative estimate of drug-likeness (QED) is 0.621. The molecule has 0 spiro atoms. The van der Waals surface area contributed by atoms with Crippen LogP contribution in [0.5, 0.6) is 0 Å². The maximum Gasteiger partial charge on any atom is 0.155 e. The summed E-state index contributed by atoms with van der Waals surface area (Å²) in [5.41, 5.74) is -0.0733. The molecule has 3 unspecified atom stereocenters. The van der Waals surface area contributed by atoms with Gasteiger partial charge in [0, 0.05) is 24.0 Å². The van der Waals surface area contributed by atoms with E-state index < -0.39 is 6.30 Å². The summed E-state index contributed by atoms with van der Waals surface area (Å²) in [6.07, 6.45) is 0.889. The molecule has 2 nitrogen and oxygen atoms in total. The lowest BCUT2D eigenvalue weighted by molar-refractivity contribution is -0.0759. The summed E-state index contributed by atoms with van der Waals surface area (Å²) in [6.45, 7) is 8.40. The number of hydrogen-bond donors (Lipinski definition) is 0. The third-order valence-electron chi connectivity index (χ3n) is 3.36. The van der Waals surface area contributed by atoms with Crippen molar-refractivity contribution in [3.63, 3.8) is 0 Å². The summed E-state index contributed by atoms with van der Waals surface area (Å²) in [4.78, 5) is 4.15. The van der Waals surface area contributed by atoms with Gasteiger partial charge in [0.25, 0.3) is 0 Å². The maximum absolute atomic E-state index is 14.1. The average Bonchev–Trinajstić information content (AvgIpc) is 1.99. The lowest BCUT2D eigenvalue weighted by atomic mass is 9.91. The number of alkyl halides is 1. The Hall–Kier alpha value is -0.150. The van der Waals surface area contributed by atoms with Crippen LogP contribution >= 0.6 is 0 Å². The first-order chi connectivity index (χ1) is 6.73. The molecule has 1 fully saturated rings. The minimum atomic E-state index is -0.804. The van der Waals surface area contributed by atoms with E-state index in [2.05, 4.69) is 32.6 Å². The van der Waals surface area contributed by atoms with Crippen molar-refractivity contribution in [2.75, 3.05) is 14.1 Å². The third-order valence-corrected chi connectivity index (χ3v) is 3.36. The van der Waals surface area contributed by atoms with Gasteiger partial charge in [-0.25, -0.2) is 4.39 Å². The van der Waals surface area contributed by atoms with E-state index in [1.54, 1.807) is 0 Å². The molecule has 0 radical (unpaired) electrons. The number of hydrogen-bond acceptors (Lipinski definition) is 2. The van der Waals surface area contributed by atoms with Crippen molar-refractivity contribution in [2.24, 2.45) is 0 Å². The molecule has 15 heavy (non-hydrogen) atoms. The molecule has 0 bridgehead atoms. The van der Waals surface area contributed by atoms with Crippen LogP contribution in [0.2, 0.25) is 0 Å². The second-order valence-corrected chi connectivity index (χ2v) is 5.95. The lowest BCUT2D eigenvalue weighted by Gasteiger charge is -2.48. The summed E-state index contributed by atoms with van der Waals surface area (Å²) < 4.78 is 14.1. The van der Waals surface area contributed by atoms with E-state index in [9.17, 15) is 4.39 Å². The average molecular weight is 216 g/mol. The van der Waals surface area contributed by atoms with Crippen LogP contribution in [0.15, 0.2) is 0 Å². The fourth-order valence-electron chi connectivity index (χ4n) is 2.72. The number of halogens is 1. The Kier molecular flexibility index (Phi) is 3.77. The fraction of sp³-hybridized carbons (Fsp3) is 1.00. The van der Waals surface area contributed by atoms with E-state index in [0.717, 1.165) is 6.42 Å². The van der Waals surface area contributed by atoms with E-state index >= 15 is 0 Å². The van der Waals surface area contributed by atoms with Crippen molar-refractivity contribution in [3.05, 3.63) is 0 Å². The van der Waals surface area contributed by atoms with Crippen LogP contribution in [-0.2, 0) is 0 Å². The SMILES string of the molecule is CC1CC(N(C)C)CC(F)N1C(C)(C)C. The minimum absolute atomic E-state index is 0.0733. The minimum Gasteiger partial charge on any atom is -0.306 e. The Bertz CT molecular complexity index is 198. The summed E-state index contributed by atoms with van der Waals surface area (Å²) in [6, 6.07) is 0.703. The highest BCUT2D eigenvalue weighted by molar-refractivity contribution is 4.91. The summed E-state index contributed by atoms with van der Waals surface area (Å²) >= 11 is 0. The Morgan fingerprint density at radius 3 is 2.07 bits per heavy atom. The smallest absolute Gasteiger partial charge is 0.155 e. The fourth-order valence-corrected chi connectivity index (χ4v) is 2.72. The van der Waals surface area contributed by atoms with Crippen LogP contribution in [-0.4, -0.2) is 47.8 Å². The molecule has 0 N–H and O–H groups in total. The van der Waals surface area contributed by atoms with Gasteiger partial charge >= 0.3 is 0 Å². The summed E-state index contributed by atoms with van der Waals surface area (Å²) in [5.74, 6) is 0. The molecule has 1 rings (SSSR count). The van der Waals surface area contributed by atoms with Crippen molar-refractivity contribution in [1.82, 2.24) is 9.80 Å². The van der Waals surface area contributed by atoms with Crippen LogP contribution < -0.4 is 0 Å². The monoisotopic (exact) mass is 216 g/mol. The zero-order valence-electron chi connectivity index (χ0n) is 10.9. The number of piperidine rings is 1. The van der Waals surface area contributed by atoms with Gasteiger partial charge in [-0.05, 0) is 48.2 Å². The van der Waals surface area contributed by atoms with Gasteiger partial charge in [0.2, 0.25) is 0 Å². The molecule has 1 saturated heterocycles. The van der Waals surface area contributed by atoms with Gasteiger partial charge in [-0.1, -0.05) is 0 Å². The standard InChI is InChI=1S/C12H25FN2/c1-9-7-10(14(5)6)8-11(13)15(9)12(2,3)4/h9-11H,7-8H2,1-6H3. The Balaban J connectivity index is 2.73. The molecule has 0 saturated carbocycles. The van der Waals surface area contributed by atoms with Crippen molar-refractivity contribution < 1.29 is 4.39 Å². The van der Waals surface area contributed by atoms with Crippen LogP contribution in [0.1, 0.15) is 40.5 Å². The highest BCUT2D eigenvalue weighted by atomic mass is 19.1. The molecule has 1 aliphatic heterocycles. The van der Waals surface area contributed by atoms with E-state index in [0.29, 0.717) is 18.5 Å². The Morgan fingerprint density at radius 1 is 1.20 bits per heavy atom. The first-order valence-corrected chi connectivity index (χ1v) is 5.82. The first kappa shape index (κ1) is 12.9. The van der Waals surface area contributed by atoms with E-state index in [1.807, 2.05) is 19.0 Å². The maximum atomic E-state index is 14.1. The van der Waals surface area contributed by atoms with Crippen molar-refractivity contribution in [2.45, 2.75) is 64.5 Å². The second-order valence-electron chi connectivity index (χ2n) is 5.95. The van der Waals surface area contributed by atoms with Gasteiger partial charge in [0.15, 0.2) is 6.30 Å². The first-order valence-electron chi connectivity index (χ1n) is 5.82. The molecule has 0 aromatic carbocycles. The molecular formula is C12H25FN2. The van der Waals surface area contributed by atoms with Crippen molar-refractivity contribution in [1.29, 1.82) is 0 Å². The molecule has 0 amide bonds. The predicted octanol–water partition coefficient (Wildman–Crippen LogP) is 2.50. The molecule has 1 aliphatic rings. The molecule has 90 valence electrons. The third kappa shape index (κ3) is 2.91. The van der Waals surface area contributed by atoms with Crippen molar-refractivity contribution >= 4 is 0 Å². The molecule has 3 heteroatoms. The number of nitrogens with zero attached hydrogens (tertiary/aromatic N) is 2. The second kappa shape index (κ2) is 4.38. The van der Waals surface area contributed by atoms with Crippen LogP contribution in [0, 0.1) is 0 Å². The zero-order valence-corrected chi connectivity index (χ0v) is 10.9. The zero-order chi connectivity index (χ0) is 11.8. The molecule has 0 aromatic rings. The molecule has 0 aliphatic carbocycles. The van der Waals surface area contributed by atoms with Crippen LogP contribution in [0.25, 0.3) is 0 Å². The molecular weight excluding hydrogens is 191 g/mol. The summed E-state index contributed by atoms with van der Waals surface area (Å²) in [5, 5.41) is 0. The van der Waals surface area contributed by atoms with Gasteiger partial charge in [-0.3, -0.25) is 4.90 Å². The Labute approximate surface area is 93.4 Å². The van der Waals surface area contributed by atoms with Gasteiger partial charge in [-0.2, -0.15) is 0 Å². The molecule has 3 atom stereocenters. The summed E-state index contributed by atoms with van der Waals surface area (Å²) in [7, 11) is 4.08. The van der Waals surface area contributed by atoms with E-state index in [1.165, 1.54) is 0 Å². The van der Waals surface area contributed by atoms with Gasteiger partial charge < -0.3 is 4.90 Å². The highest BCUT2D eigenvalue weighted by Crippen LogP contribution is 2.32. The lowest BCUT2D eigenvalue weighted by Crippen LogP contribution is -2.57.